The lowest BCUT2D eigenvalue weighted by Crippen LogP contribution is -2.22. The molecule has 0 aliphatic rings. The van der Waals surface area contributed by atoms with Gasteiger partial charge < -0.3 is 14.5 Å². The Bertz CT molecular complexity index is 981. The van der Waals surface area contributed by atoms with E-state index in [4.69, 9.17) is 9.15 Å². The highest BCUT2D eigenvalue weighted by Crippen LogP contribution is 2.18. The number of ether oxygens (including phenoxy) is 1. The van der Waals surface area contributed by atoms with E-state index in [0.717, 1.165) is 15.8 Å². The minimum atomic E-state index is -1.24. The van der Waals surface area contributed by atoms with Crippen LogP contribution in [-0.2, 0) is 23.1 Å². The fourth-order valence-electron chi connectivity index (χ4n) is 2.60. The smallest absolute Gasteiger partial charge is 0.287 e. The molecule has 3 aromatic rings. The summed E-state index contributed by atoms with van der Waals surface area (Å²) in [4.78, 5) is 13.0. The van der Waals surface area contributed by atoms with Gasteiger partial charge in [0.1, 0.15) is 11.5 Å². The number of halogens is 1. The second-order valence-electron chi connectivity index (χ2n) is 6.70. The summed E-state index contributed by atoms with van der Waals surface area (Å²) in [5, 5.41) is 2.83. The monoisotopic (exact) mass is 475 g/mol. The molecule has 0 bridgehead atoms. The molecule has 152 valence electrons. The van der Waals surface area contributed by atoms with Crippen molar-refractivity contribution in [1.29, 1.82) is 0 Å². The third-order valence-electron chi connectivity index (χ3n) is 3.98. The van der Waals surface area contributed by atoms with Crippen molar-refractivity contribution in [2.45, 2.75) is 37.1 Å². The first-order valence-electron chi connectivity index (χ1n) is 9.17. The molecule has 1 amide bonds. The van der Waals surface area contributed by atoms with Crippen LogP contribution in [0.15, 0.2) is 74.4 Å². The summed E-state index contributed by atoms with van der Waals surface area (Å²) in [6.45, 7) is 4.32. The van der Waals surface area contributed by atoms with Gasteiger partial charge in [-0.1, -0.05) is 28.1 Å². The van der Waals surface area contributed by atoms with E-state index in [1.807, 2.05) is 50.2 Å². The first-order valence-corrected chi connectivity index (χ1v) is 11.3. The number of hydrogen-bond donors (Lipinski definition) is 1. The number of hydrogen-bond acceptors (Lipinski definition) is 4. The lowest BCUT2D eigenvalue weighted by molar-refractivity contribution is 0.0921. The van der Waals surface area contributed by atoms with E-state index in [9.17, 15) is 9.00 Å². The zero-order valence-corrected chi connectivity index (χ0v) is 18.6. The molecule has 0 saturated heterocycles. The average molecular weight is 476 g/mol. The Labute approximate surface area is 181 Å². The summed E-state index contributed by atoms with van der Waals surface area (Å²) in [5.74, 6) is 1.41. The van der Waals surface area contributed by atoms with Gasteiger partial charge in [-0.25, -0.2) is 0 Å². The number of carbonyl (C=O) groups is 1. The van der Waals surface area contributed by atoms with Crippen molar-refractivity contribution >= 4 is 32.6 Å². The van der Waals surface area contributed by atoms with Gasteiger partial charge in [-0.05, 0) is 67.9 Å². The van der Waals surface area contributed by atoms with Crippen molar-refractivity contribution in [3.05, 3.63) is 82.2 Å². The number of carbonyl (C=O) groups excluding carboxylic acids is 1. The first kappa shape index (κ1) is 21.3. The summed E-state index contributed by atoms with van der Waals surface area (Å²) in [7, 11) is -1.24. The van der Waals surface area contributed by atoms with Crippen LogP contribution in [0.1, 0.15) is 35.7 Å². The van der Waals surface area contributed by atoms with Crippen LogP contribution >= 0.6 is 15.9 Å². The van der Waals surface area contributed by atoms with Crippen LogP contribution in [0.3, 0.4) is 0 Å². The van der Waals surface area contributed by atoms with Crippen molar-refractivity contribution in [2.24, 2.45) is 0 Å². The fraction of sp³-hybridized carbons (Fsp3) is 0.227. The Morgan fingerprint density at radius 3 is 2.41 bits per heavy atom. The zero-order valence-electron chi connectivity index (χ0n) is 16.2. The van der Waals surface area contributed by atoms with E-state index >= 15 is 0 Å². The molecular formula is C22H22BrNO4S. The number of benzene rings is 2. The lowest BCUT2D eigenvalue weighted by Gasteiger charge is -2.10. The van der Waals surface area contributed by atoms with E-state index in [0.29, 0.717) is 17.2 Å². The topological polar surface area (TPSA) is 68.5 Å². The molecule has 0 fully saturated rings. The summed E-state index contributed by atoms with van der Waals surface area (Å²) < 4.78 is 24.5. The molecule has 5 nitrogen and oxygen atoms in total. The molecule has 0 saturated carbocycles. The highest BCUT2D eigenvalue weighted by Gasteiger charge is 2.13. The number of rotatable bonds is 8. The quantitative estimate of drug-likeness (QED) is 0.493. The second-order valence-corrected chi connectivity index (χ2v) is 9.07. The highest BCUT2D eigenvalue weighted by molar-refractivity contribution is 9.10. The van der Waals surface area contributed by atoms with Gasteiger partial charge in [0.25, 0.3) is 5.91 Å². The second kappa shape index (κ2) is 9.89. The predicted octanol–water partition coefficient (Wildman–Crippen LogP) is 5.07. The SMILES string of the molecule is CC(C)Oc1ccc(CNC(=O)c2ccc(C[S@](=O)c3ccc(Br)cc3)o2)cc1. The molecule has 29 heavy (non-hydrogen) atoms. The van der Waals surface area contributed by atoms with E-state index in [2.05, 4.69) is 21.2 Å². The van der Waals surface area contributed by atoms with Crippen molar-refractivity contribution < 1.29 is 18.2 Å². The van der Waals surface area contributed by atoms with E-state index in [1.165, 1.54) is 0 Å². The third-order valence-corrected chi connectivity index (χ3v) is 5.86. The van der Waals surface area contributed by atoms with Crippen LogP contribution in [0.4, 0.5) is 0 Å². The molecule has 0 radical (unpaired) electrons. The van der Waals surface area contributed by atoms with Gasteiger partial charge in [-0.3, -0.25) is 9.00 Å². The number of nitrogens with one attached hydrogen (secondary N) is 1. The van der Waals surface area contributed by atoms with Crippen LogP contribution in [0.5, 0.6) is 5.75 Å². The normalized spacial score (nSPS) is 12.0. The van der Waals surface area contributed by atoms with Crippen LogP contribution in [0, 0.1) is 0 Å². The fourth-order valence-corrected chi connectivity index (χ4v) is 3.89. The maximum absolute atomic E-state index is 12.4. The Morgan fingerprint density at radius 2 is 1.76 bits per heavy atom. The Hall–Kier alpha value is -2.38. The van der Waals surface area contributed by atoms with Crippen molar-refractivity contribution in [3.63, 3.8) is 0 Å². The van der Waals surface area contributed by atoms with Crippen LogP contribution in [0.25, 0.3) is 0 Å². The summed E-state index contributed by atoms with van der Waals surface area (Å²) in [6, 6.07) is 18.1. The number of furan rings is 1. The zero-order chi connectivity index (χ0) is 20.8. The summed E-state index contributed by atoms with van der Waals surface area (Å²) >= 11 is 3.36. The molecule has 1 N–H and O–H groups in total. The van der Waals surface area contributed by atoms with Crippen LogP contribution in [-0.4, -0.2) is 16.2 Å². The van der Waals surface area contributed by atoms with Gasteiger partial charge >= 0.3 is 0 Å². The predicted molar refractivity (Wildman–Crippen MR) is 116 cm³/mol. The molecule has 0 aliphatic carbocycles. The van der Waals surface area contributed by atoms with Gasteiger partial charge in [-0.2, -0.15) is 0 Å². The van der Waals surface area contributed by atoms with E-state index < -0.39 is 10.8 Å². The standard InChI is InChI=1S/C22H22BrNO4S/c1-15(2)27-18-7-3-16(4-8-18)13-24-22(25)21-12-9-19(28-21)14-29(26)20-10-5-17(23)6-11-20/h3-12,15H,13-14H2,1-2H3,(H,24,25)/t29-/m0/s1. The third kappa shape index (κ3) is 6.30. The summed E-state index contributed by atoms with van der Waals surface area (Å²) in [6.07, 6.45) is 0.117. The van der Waals surface area contributed by atoms with Gasteiger partial charge in [0.15, 0.2) is 5.76 Å². The van der Waals surface area contributed by atoms with E-state index in [-0.39, 0.29) is 23.5 Å². The molecule has 0 unspecified atom stereocenters. The summed E-state index contributed by atoms with van der Waals surface area (Å²) in [5.41, 5.74) is 0.956. The molecule has 1 aromatic heterocycles. The van der Waals surface area contributed by atoms with Crippen molar-refractivity contribution in [1.82, 2.24) is 5.32 Å². The Kier molecular flexibility index (Phi) is 7.28. The van der Waals surface area contributed by atoms with Gasteiger partial charge in [0.2, 0.25) is 0 Å². The minimum absolute atomic E-state index is 0.117. The highest BCUT2D eigenvalue weighted by atomic mass is 79.9. The lowest BCUT2D eigenvalue weighted by atomic mass is 10.2. The van der Waals surface area contributed by atoms with Crippen molar-refractivity contribution in [3.8, 4) is 5.75 Å². The van der Waals surface area contributed by atoms with Crippen molar-refractivity contribution in [2.75, 3.05) is 0 Å². The Balaban J connectivity index is 1.53. The van der Waals surface area contributed by atoms with Gasteiger partial charge in [0.05, 0.1) is 22.7 Å². The Morgan fingerprint density at radius 1 is 1.07 bits per heavy atom. The average Bonchev–Trinajstić information content (AvgIpc) is 3.16. The molecule has 7 heteroatoms. The largest absolute Gasteiger partial charge is 0.491 e. The molecule has 0 spiro atoms. The van der Waals surface area contributed by atoms with E-state index in [1.54, 1.807) is 24.3 Å². The molecule has 0 aliphatic heterocycles. The van der Waals surface area contributed by atoms with Crippen LogP contribution in [0.2, 0.25) is 0 Å². The number of amides is 1. The minimum Gasteiger partial charge on any atom is -0.491 e. The molecule has 1 atom stereocenters. The molecule has 3 rings (SSSR count). The van der Waals surface area contributed by atoms with Crippen LogP contribution < -0.4 is 10.1 Å². The molecule has 2 aromatic carbocycles. The maximum atomic E-state index is 12.4. The van der Waals surface area contributed by atoms with Gasteiger partial charge in [0, 0.05) is 15.9 Å². The molecule has 1 heterocycles. The molecular weight excluding hydrogens is 454 g/mol. The maximum Gasteiger partial charge on any atom is 0.287 e. The van der Waals surface area contributed by atoms with Gasteiger partial charge in [-0.15, -0.1) is 0 Å². The first-order chi connectivity index (χ1) is 13.9.